The normalized spacial score (nSPS) is 18.5. The first-order valence-electron chi connectivity index (χ1n) is 5.80. The summed E-state index contributed by atoms with van der Waals surface area (Å²) < 4.78 is 0. The Hall–Kier alpha value is -1.69. The minimum atomic E-state index is 0.388. The van der Waals surface area contributed by atoms with Crippen LogP contribution in [0.1, 0.15) is 26.3 Å². The Kier molecular flexibility index (Phi) is 2.74. The quantitative estimate of drug-likeness (QED) is 0.759. The molecular formula is C13H17N3. The maximum absolute atomic E-state index is 8.93. The van der Waals surface area contributed by atoms with Gasteiger partial charge in [-0.2, -0.15) is 5.26 Å². The highest BCUT2D eigenvalue weighted by molar-refractivity contribution is 5.78. The minimum absolute atomic E-state index is 0.388. The van der Waals surface area contributed by atoms with E-state index in [2.05, 4.69) is 42.7 Å². The van der Waals surface area contributed by atoms with Crippen LogP contribution in [0.5, 0.6) is 0 Å². The van der Waals surface area contributed by atoms with E-state index in [1.807, 2.05) is 12.1 Å². The van der Waals surface area contributed by atoms with E-state index in [4.69, 9.17) is 5.26 Å². The third-order valence-corrected chi connectivity index (χ3v) is 3.31. The fourth-order valence-electron chi connectivity index (χ4n) is 2.51. The van der Waals surface area contributed by atoms with Gasteiger partial charge < -0.3 is 9.80 Å². The van der Waals surface area contributed by atoms with Crippen LogP contribution in [0.2, 0.25) is 0 Å². The average molecular weight is 215 g/mol. The van der Waals surface area contributed by atoms with Crippen molar-refractivity contribution in [1.82, 2.24) is 0 Å². The largest absolute Gasteiger partial charge is 0.350 e. The standard InChI is InChI=1S/C13H17N3/c1-4-15-10(3)16(5-2)13-8-11(9-14)6-7-12(13)15/h6-8,10H,4-5H2,1-3H3. The van der Waals surface area contributed by atoms with Crippen molar-refractivity contribution in [2.45, 2.75) is 26.9 Å². The van der Waals surface area contributed by atoms with E-state index in [1.54, 1.807) is 0 Å². The molecular weight excluding hydrogens is 198 g/mol. The Morgan fingerprint density at radius 1 is 1.19 bits per heavy atom. The van der Waals surface area contributed by atoms with Gasteiger partial charge in [-0.05, 0) is 39.0 Å². The molecule has 1 aliphatic heterocycles. The fourth-order valence-corrected chi connectivity index (χ4v) is 2.51. The van der Waals surface area contributed by atoms with Crippen molar-refractivity contribution >= 4 is 11.4 Å². The average Bonchev–Trinajstić information content (AvgIpc) is 2.59. The number of fused-ring (bicyclic) bond motifs is 1. The van der Waals surface area contributed by atoms with Crippen molar-refractivity contribution in [2.24, 2.45) is 0 Å². The van der Waals surface area contributed by atoms with Crippen LogP contribution in [0.15, 0.2) is 18.2 Å². The minimum Gasteiger partial charge on any atom is -0.350 e. The van der Waals surface area contributed by atoms with E-state index in [-0.39, 0.29) is 0 Å². The molecule has 0 bridgehead atoms. The maximum atomic E-state index is 8.93. The summed E-state index contributed by atoms with van der Waals surface area (Å²) in [5.41, 5.74) is 3.18. The fraction of sp³-hybridized carbons (Fsp3) is 0.462. The number of hydrogen-bond donors (Lipinski definition) is 0. The zero-order valence-corrected chi connectivity index (χ0v) is 10.1. The van der Waals surface area contributed by atoms with Crippen LogP contribution in [-0.4, -0.2) is 19.3 Å². The number of anilines is 2. The summed E-state index contributed by atoms with van der Waals surface area (Å²) in [5.74, 6) is 0. The Balaban J connectivity index is 2.51. The molecule has 1 aromatic rings. The molecule has 3 nitrogen and oxygen atoms in total. The molecule has 1 aromatic carbocycles. The Labute approximate surface area is 96.9 Å². The second kappa shape index (κ2) is 4.05. The molecule has 0 aliphatic carbocycles. The summed E-state index contributed by atoms with van der Waals surface area (Å²) in [6.07, 6.45) is 0.388. The predicted octanol–water partition coefficient (Wildman–Crippen LogP) is 2.57. The molecule has 0 saturated heterocycles. The van der Waals surface area contributed by atoms with Gasteiger partial charge in [0.1, 0.15) is 0 Å². The lowest BCUT2D eigenvalue weighted by molar-refractivity contribution is 0.644. The molecule has 0 amide bonds. The van der Waals surface area contributed by atoms with Crippen molar-refractivity contribution in [2.75, 3.05) is 22.9 Å². The summed E-state index contributed by atoms with van der Waals surface area (Å²) in [7, 11) is 0. The smallest absolute Gasteiger partial charge is 0.0992 e. The zero-order valence-electron chi connectivity index (χ0n) is 10.1. The Morgan fingerprint density at radius 3 is 2.38 bits per heavy atom. The lowest BCUT2D eigenvalue weighted by Gasteiger charge is -2.28. The second-order valence-electron chi connectivity index (χ2n) is 4.02. The van der Waals surface area contributed by atoms with Crippen molar-refractivity contribution in [3.05, 3.63) is 23.8 Å². The number of nitrogens with zero attached hydrogens (tertiary/aromatic N) is 3. The van der Waals surface area contributed by atoms with Crippen LogP contribution >= 0.6 is 0 Å². The van der Waals surface area contributed by atoms with Gasteiger partial charge in [-0.1, -0.05) is 0 Å². The van der Waals surface area contributed by atoms with E-state index >= 15 is 0 Å². The Bertz CT molecular complexity index is 433. The number of hydrogen-bond acceptors (Lipinski definition) is 3. The van der Waals surface area contributed by atoms with Crippen molar-refractivity contribution in [1.29, 1.82) is 5.26 Å². The predicted molar refractivity (Wildman–Crippen MR) is 66.7 cm³/mol. The van der Waals surface area contributed by atoms with Gasteiger partial charge >= 0.3 is 0 Å². The highest BCUT2D eigenvalue weighted by atomic mass is 15.4. The van der Waals surface area contributed by atoms with Gasteiger partial charge in [0.05, 0.1) is 29.2 Å². The summed E-state index contributed by atoms with van der Waals surface area (Å²) in [4.78, 5) is 4.69. The SMILES string of the molecule is CCN1c2ccc(C#N)cc2N(CC)C1C. The van der Waals surface area contributed by atoms with Gasteiger partial charge in [-0.15, -0.1) is 0 Å². The number of nitriles is 1. The zero-order chi connectivity index (χ0) is 11.7. The summed E-state index contributed by atoms with van der Waals surface area (Å²) in [6, 6.07) is 8.15. The summed E-state index contributed by atoms with van der Waals surface area (Å²) >= 11 is 0. The van der Waals surface area contributed by atoms with Crippen LogP contribution in [0.25, 0.3) is 0 Å². The highest BCUT2D eigenvalue weighted by Gasteiger charge is 2.30. The third kappa shape index (κ3) is 1.42. The molecule has 1 heterocycles. The van der Waals surface area contributed by atoms with Gasteiger partial charge in [0.2, 0.25) is 0 Å². The van der Waals surface area contributed by atoms with Gasteiger partial charge in [0.25, 0.3) is 0 Å². The molecule has 0 fully saturated rings. The molecule has 1 atom stereocenters. The highest BCUT2D eigenvalue weighted by Crippen LogP contribution is 2.39. The van der Waals surface area contributed by atoms with E-state index in [9.17, 15) is 0 Å². The molecule has 2 rings (SSSR count). The molecule has 1 unspecified atom stereocenters. The molecule has 84 valence electrons. The lowest BCUT2D eigenvalue weighted by Crippen LogP contribution is -2.40. The lowest BCUT2D eigenvalue weighted by atomic mass is 10.2. The van der Waals surface area contributed by atoms with E-state index in [1.165, 1.54) is 11.4 Å². The van der Waals surface area contributed by atoms with Gasteiger partial charge in [0.15, 0.2) is 0 Å². The molecule has 3 heteroatoms. The molecule has 1 aliphatic rings. The van der Waals surface area contributed by atoms with Crippen LogP contribution in [-0.2, 0) is 0 Å². The van der Waals surface area contributed by atoms with Crippen molar-refractivity contribution in [3.63, 3.8) is 0 Å². The van der Waals surface area contributed by atoms with Crippen LogP contribution < -0.4 is 9.80 Å². The van der Waals surface area contributed by atoms with E-state index in [0.29, 0.717) is 6.17 Å². The van der Waals surface area contributed by atoms with Crippen LogP contribution in [0, 0.1) is 11.3 Å². The van der Waals surface area contributed by atoms with E-state index in [0.717, 1.165) is 18.7 Å². The summed E-state index contributed by atoms with van der Waals surface area (Å²) in [5, 5.41) is 8.93. The maximum Gasteiger partial charge on any atom is 0.0992 e. The monoisotopic (exact) mass is 215 g/mol. The van der Waals surface area contributed by atoms with E-state index < -0.39 is 0 Å². The topological polar surface area (TPSA) is 30.3 Å². The molecule has 16 heavy (non-hydrogen) atoms. The second-order valence-corrected chi connectivity index (χ2v) is 4.02. The molecule has 0 N–H and O–H groups in total. The number of benzene rings is 1. The molecule has 0 spiro atoms. The van der Waals surface area contributed by atoms with Gasteiger partial charge in [-0.25, -0.2) is 0 Å². The first-order chi connectivity index (χ1) is 7.72. The van der Waals surface area contributed by atoms with Gasteiger partial charge in [0, 0.05) is 13.1 Å². The van der Waals surface area contributed by atoms with Gasteiger partial charge in [-0.3, -0.25) is 0 Å². The molecule has 0 aromatic heterocycles. The molecule has 0 radical (unpaired) electrons. The van der Waals surface area contributed by atoms with Crippen LogP contribution in [0.3, 0.4) is 0 Å². The first-order valence-corrected chi connectivity index (χ1v) is 5.80. The number of rotatable bonds is 2. The van der Waals surface area contributed by atoms with Crippen molar-refractivity contribution < 1.29 is 0 Å². The van der Waals surface area contributed by atoms with Crippen LogP contribution in [0.4, 0.5) is 11.4 Å². The first kappa shape index (κ1) is 10.8. The molecule has 0 saturated carbocycles. The summed E-state index contributed by atoms with van der Waals surface area (Å²) in [6.45, 7) is 8.49. The third-order valence-electron chi connectivity index (χ3n) is 3.31. The van der Waals surface area contributed by atoms with Crippen molar-refractivity contribution in [3.8, 4) is 6.07 Å². The Morgan fingerprint density at radius 2 is 1.81 bits per heavy atom.